The van der Waals surface area contributed by atoms with E-state index in [1.165, 1.54) is 23.5 Å². The zero-order valence-corrected chi connectivity index (χ0v) is 15.6. The van der Waals surface area contributed by atoms with E-state index >= 15 is 0 Å². The molecule has 7 nitrogen and oxygen atoms in total. The van der Waals surface area contributed by atoms with Crippen LogP contribution >= 0.6 is 11.3 Å². The molecule has 0 saturated carbocycles. The van der Waals surface area contributed by atoms with Crippen molar-refractivity contribution in [3.8, 4) is 11.3 Å². The molecule has 3 rings (SSSR count). The number of nitro groups is 1. The summed E-state index contributed by atoms with van der Waals surface area (Å²) in [7, 11) is -3.95. The first-order valence-corrected chi connectivity index (χ1v) is 9.93. The average Bonchev–Trinajstić information content (AvgIpc) is 3.01. The molecule has 0 unspecified atom stereocenters. The van der Waals surface area contributed by atoms with E-state index in [1.54, 1.807) is 25.1 Å². The normalized spacial score (nSPS) is 11.3. The van der Waals surface area contributed by atoms with Gasteiger partial charge in [-0.15, -0.1) is 11.3 Å². The van der Waals surface area contributed by atoms with E-state index in [-0.39, 0.29) is 10.6 Å². The van der Waals surface area contributed by atoms with E-state index in [0.717, 1.165) is 22.3 Å². The molecule has 1 N–H and O–H groups in total. The highest BCUT2D eigenvalue weighted by atomic mass is 32.2. The van der Waals surface area contributed by atoms with Gasteiger partial charge in [0.25, 0.3) is 15.7 Å². The van der Waals surface area contributed by atoms with E-state index in [0.29, 0.717) is 11.3 Å². The first kappa shape index (κ1) is 18.0. The quantitative estimate of drug-likeness (QED) is 0.522. The van der Waals surface area contributed by atoms with Gasteiger partial charge in [-0.05, 0) is 32.0 Å². The van der Waals surface area contributed by atoms with Crippen molar-refractivity contribution >= 4 is 32.7 Å². The molecule has 3 aromatic rings. The molecule has 0 aliphatic carbocycles. The Morgan fingerprint density at radius 2 is 1.92 bits per heavy atom. The van der Waals surface area contributed by atoms with E-state index in [2.05, 4.69) is 9.71 Å². The van der Waals surface area contributed by atoms with Crippen molar-refractivity contribution in [3.63, 3.8) is 0 Å². The topological polar surface area (TPSA) is 102 Å². The Hall–Kier alpha value is -2.78. The molecule has 0 amide bonds. The molecule has 134 valence electrons. The number of thiazole rings is 1. The Kier molecular flexibility index (Phi) is 4.75. The van der Waals surface area contributed by atoms with Crippen LogP contribution in [-0.2, 0) is 10.0 Å². The Morgan fingerprint density at radius 3 is 2.58 bits per heavy atom. The van der Waals surface area contributed by atoms with Crippen molar-refractivity contribution in [2.45, 2.75) is 18.7 Å². The predicted molar refractivity (Wildman–Crippen MR) is 101 cm³/mol. The minimum atomic E-state index is -3.95. The third-order valence-corrected chi connectivity index (χ3v) is 5.87. The lowest BCUT2D eigenvalue weighted by atomic mass is 10.1. The van der Waals surface area contributed by atoms with Crippen molar-refractivity contribution < 1.29 is 13.3 Å². The monoisotopic (exact) mass is 389 g/mol. The summed E-state index contributed by atoms with van der Waals surface area (Å²) in [5.41, 5.74) is 2.06. The lowest BCUT2D eigenvalue weighted by molar-refractivity contribution is -0.385. The van der Waals surface area contributed by atoms with Crippen molar-refractivity contribution in [1.29, 1.82) is 0 Å². The summed E-state index contributed by atoms with van der Waals surface area (Å²) >= 11 is 1.51. The molecular formula is C17H15N3O4S2. The fourth-order valence-corrected chi connectivity index (χ4v) is 4.10. The molecule has 1 heterocycles. The standard InChI is InChI=1S/C17H15N3O4S2/c1-11-6-7-15(9-17(11)20(21)22)26(23,24)19-14-5-3-4-13(8-14)16-10-25-12(2)18-16/h3-10,19H,1-2H3. The summed E-state index contributed by atoms with van der Waals surface area (Å²) in [6.45, 7) is 3.45. The second kappa shape index (κ2) is 6.85. The van der Waals surface area contributed by atoms with Gasteiger partial charge < -0.3 is 0 Å². The summed E-state index contributed by atoms with van der Waals surface area (Å²) in [5, 5.41) is 13.9. The number of aromatic nitrogens is 1. The highest BCUT2D eigenvalue weighted by Crippen LogP contribution is 2.27. The first-order valence-electron chi connectivity index (χ1n) is 7.57. The molecular weight excluding hydrogens is 374 g/mol. The third kappa shape index (κ3) is 3.73. The number of nitrogens with zero attached hydrogens (tertiary/aromatic N) is 2. The van der Waals surface area contributed by atoms with Crippen LogP contribution in [0, 0.1) is 24.0 Å². The summed E-state index contributed by atoms with van der Waals surface area (Å²) in [6.07, 6.45) is 0. The fraction of sp³-hybridized carbons (Fsp3) is 0.118. The maximum atomic E-state index is 12.6. The number of rotatable bonds is 5. The molecule has 0 bridgehead atoms. The third-order valence-electron chi connectivity index (χ3n) is 3.72. The number of hydrogen-bond donors (Lipinski definition) is 1. The SMILES string of the molecule is Cc1nc(-c2cccc(NS(=O)(=O)c3ccc(C)c([N+](=O)[O-])c3)c2)cs1. The van der Waals surface area contributed by atoms with Crippen LogP contribution < -0.4 is 4.72 Å². The van der Waals surface area contributed by atoms with Crippen LogP contribution in [-0.4, -0.2) is 18.3 Å². The van der Waals surface area contributed by atoms with Gasteiger partial charge in [-0.2, -0.15) is 0 Å². The van der Waals surface area contributed by atoms with Gasteiger partial charge in [-0.3, -0.25) is 14.8 Å². The molecule has 0 spiro atoms. The molecule has 26 heavy (non-hydrogen) atoms. The highest BCUT2D eigenvalue weighted by molar-refractivity contribution is 7.92. The first-order chi connectivity index (χ1) is 12.3. The summed E-state index contributed by atoms with van der Waals surface area (Å²) in [6, 6.07) is 10.7. The smallest absolute Gasteiger partial charge is 0.273 e. The molecule has 9 heteroatoms. The van der Waals surface area contributed by atoms with Crippen molar-refractivity contribution in [3.05, 3.63) is 68.5 Å². The van der Waals surface area contributed by atoms with Crippen molar-refractivity contribution in [2.75, 3.05) is 4.72 Å². The van der Waals surface area contributed by atoms with E-state index in [9.17, 15) is 18.5 Å². The Balaban J connectivity index is 1.93. The van der Waals surface area contributed by atoms with Crippen LogP contribution in [0.5, 0.6) is 0 Å². The number of anilines is 1. The number of sulfonamides is 1. The molecule has 0 fully saturated rings. The van der Waals surface area contributed by atoms with Gasteiger partial charge in [-0.1, -0.05) is 18.2 Å². The minimum absolute atomic E-state index is 0.162. The predicted octanol–water partition coefficient (Wildman–Crippen LogP) is 4.14. The molecule has 0 atom stereocenters. The molecule has 1 aromatic heterocycles. The summed E-state index contributed by atoms with van der Waals surface area (Å²) in [4.78, 5) is 14.7. The van der Waals surface area contributed by atoms with Crippen molar-refractivity contribution in [2.24, 2.45) is 0 Å². The maximum Gasteiger partial charge on any atom is 0.273 e. The Bertz CT molecular complexity index is 1090. The van der Waals surface area contributed by atoms with E-state index in [4.69, 9.17) is 0 Å². The second-order valence-electron chi connectivity index (χ2n) is 5.64. The molecule has 2 aromatic carbocycles. The van der Waals surface area contributed by atoms with Gasteiger partial charge in [-0.25, -0.2) is 13.4 Å². The highest BCUT2D eigenvalue weighted by Gasteiger charge is 2.20. The van der Waals surface area contributed by atoms with Gasteiger partial charge in [0.2, 0.25) is 0 Å². The largest absolute Gasteiger partial charge is 0.280 e. The average molecular weight is 389 g/mol. The van der Waals surface area contributed by atoms with Gasteiger partial charge in [0.1, 0.15) is 0 Å². The maximum absolute atomic E-state index is 12.6. The Labute approximate surface area is 154 Å². The van der Waals surface area contributed by atoms with E-state index in [1.807, 2.05) is 18.4 Å². The van der Waals surface area contributed by atoms with Gasteiger partial charge in [0.15, 0.2) is 0 Å². The van der Waals surface area contributed by atoms with Crippen LogP contribution in [0.25, 0.3) is 11.3 Å². The number of nitro benzene ring substituents is 1. The van der Waals surface area contributed by atoms with Crippen LogP contribution in [0.3, 0.4) is 0 Å². The number of benzene rings is 2. The van der Waals surface area contributed by atoms with Gasteiger partial charge in [0, 0.05) is 28.3 Å². The van der Waals surface area contributed by atoms with Crippen molar-refractivity contribution in [1.82, 2.24) is 4.98 Å². The number of nitrogens with one attached hydrogen (secondary N) is 1. The lowest BCUT2D eigenvalue weighted by Crippen LogP contribution is -2.13. The molecule has 0 saturated heterocycles. The molecule has 0 aliphatic rings. The summed E-state index contributed by atoms with van der Waals surface area (Å²) in [5.74, 6) is 0. The zero-order valence-electron chi connectivity index (χ0n) is 14.0. The fourth-order valence-electron chi connectivity index (χ4n) is 2.41. The lowest BCUT2D eigenvalue weighted by Gasteiger charge is -2.09. The number of hydrogen-bond acceptors (Lipinski definition) is 6. The van der Waals surface area contributed by atoms with Gasteiger partial charge >= 0.3 is 0 Å². The van der Waals surface area contributed by atoms with Crippen LogP contribution in [0.1, 0.15) is 10.6 Å². The Morgan fingerprint density at radius 1 is 1.15 bits per heavy atom. The molecule has 0 radical (unpaired) electrons. The minimum Gasteiger partial charge on any atom is -0.280 e. The second-order valence-corrected chi connectivity index (χ2v) is 8.39. The van der Waals surface area contributed by atoms with E-state index < -0.39 is 14.9 Å². The number of aryl methyl sites for hydroxylation is 2. The van der Waals surface area contributed by atoms with Gasteiger partial charge in [0.05, 0.1) is 20.5 Å². The van der Waals surface area contributed by atoms with Crippen LogP contribution in [0.15, 0.2) is 52.7 Å². The van der Waals surface area contributed by atoms with Crippen LogP contribution in [0.2, 0.25) is 0 Å². The zero-order chi connectivity index (χ0) is 18.9. The molecule has 0 aliphatic heterocycles. The van der Waals surface area contributed by atoms with Crippen LogP contribution in [0.4, 0.5) is 11.4 Å². The summed E-state index contributed by atoms with van der Waals surface area (Å²) < 4.78 is 27.6.